The summed E-state index contributed by atoms with van der Waals surface area (Å²) in [4.78, 5) is 12.5. The Morgan fingerprint density at radius 2 is 1.96 bits per heavy atom. The van der Waals surface area contributed by atoms with Crippen molar-refractivity contribution in [3.63, 3.8) is 0 Å². The fourth-order valence-electron chi connectivity index (χ4n) is 3.37. The molecule has 0 saturated carbocycles. The normalized spacial score (nSPS) is 15.1. The van der Waals surface area contributed by atoms with Gasteiger partial charge in [-0.05, 0) is 30.7 Å². The third-order valence-corrected chi connectivity index (χ3v) is 5.57. The molecule has 1 saturated heterocycles. The summed E-state index contributed by atoms with van der Waals surface area (Å²) in [5, 5.41) is 6.72. The molecular weight excluding hydrogens is 348 g/mol. The highest BCUT2D eigenvalue weighted by Gasteiger charge is 2.19. The van der Waals surface area contributed by atoms with Crippen LogP contribution in [-0.4, -0.2) is 50.4 Å². The van der Waals surface area contributed by atoms with Crippen LogP contribution in [0.15, 0.2) is 29.9 Å². The number of methoxy groups -OCH3 is 2. The molecule has 7 heteroatoms. The smallest absolute Gasteiger partial charge is 0.161 e. The van der Waals surface area contributed by atoms with Crippen molar-refractivity contribution in [3.05, 3.63) is 29.9 Å². The molecule has 0 unspecified atom stereocenters. The van der Waals surface area contributed by atoms with E-state index in [1.807, 2.05) is 12.1 Å². The van der Waals surface area contributed by atoms with Gasteiger partial charge in [-0.25, -0.2) is 9.97 Å². The van der Waals surface area contributed by atoms with E-state index in [1.165, 1.54) is 0 Å². The second-order valence-electron chi connectivity index (χ2n) is 6.19. The highest BCUT2D eigenvalue weighted by atomic mass is 32.1. The van der Waals surface area contributed by atoms with Crippen LogP contribution in [0, 0.1) is 0 Å². The molecule has 0 aliphatic carbocycles. The first-order valence-corrected chi connectivity index (χ1v) is 9.60. The van der Waals surface area contributed by atoms with Crippen molar-refractivity contribution in [1.29, 1.82) is 0 Å². The molecule has 0 radical (unpaired) electrons. The Morgan fingerprint density at radius 1 is 1.08 bits per heavy atom. The maximum Gasteiger partial charge on any atom is 0.161 e. The maximum absolute atomic E-state index is 5.48. The summed E-state index contributed by atoms with van der Waals surface area (Å²) in [5.41, 5.74) is 2.22. The predicted octanol–water partition coefficient (Wildman–Crippen LogP) is 3.18. The number of nitrogens with one attached hydrogen (secondary N) is 1. The lowest BCUT2D eigenvalue weighted by molar-refractivity contribution is 0.355. The van der Waals surface area contributed by atoms with Crippen molar-refractivity contribution in [2.75, 3.05) is 45.3 Å². The van der Waals surface area contributed by atoms with E-state index >= 15 is 0 Å². The Morgan fingerprint density at radius 3 is 2.81 bits per heavy atom. The van der Waals surface area contributed by atoms with Crippen LogP contribution in [0.1, 0.15) is 6.42 Å². The number of rotatable bonds is 4. The molecule has 136 valence electrons. The van der Waals surface area contributed by atoms with Gasteiger partial charge in [0, 0.05) is 30.6 Å². The van der Waals surface area contributed by atoms with Gasteiger partial charge in [0.2, 0.25) is 0 Å². The molecule has 3 aromatic rings. The summed E-state index contributed by atoms with van der Waals surface area (Å²) in [6, 6.07) is 6.02. The van der Waals surface area contributed by atoms with E-state index in [9.17, 15) is 0 Å². The van der Waals surface area contributed by atoms with Crippen LogP contribution < -0.4 is 19.7 Å². The summed E-state index contributed by atoms with van der Waals surface area (Å²) >= 11 is 1.65. The quantitative estimate of drug-likeness (QED) is 0.761. The standard InChI is InChI=1S/C19H22N4O2S/c1-24-15-5-4-13(10-16(15)25-2)14-11-26-19-17(14)18(21-12-22-19)23-8-3-6-20-7-9-23/h4-5,10-12,20H,3,6-9H2,1-2H3. The van der Waals surface area contributed by atoms with E-state index in [1.54, 1.807) is 31.9 Å². The van der Waals surface area contributed by atoms with Crippen LogP contribution in [-0.2, 0) is 0 Å². The lowest BCUT2D eigenvalue weighted by atomic mass is 10.0. The summed E-state index contributed by atoms with van der Waals surface area (Å²) in [5.74, 6) is 2.47. The highest BCUT2D eigenvalue weighted by molar-refractivity contribution is 7.17. The van der Waals surface area contributed by atoms with Gasteiger partial charge in [-0.2, -0.15) is 0 Å². The average Bonchev–Trinajstić information content (AvgIpc) is 2.94. The fraction of sp³-hybridized carbons (Fsp3) is 0.368. The Hall–Kier alpha value is -2.38. The number of ether oxygens (including phenoxy) is 2. The van der Waals surface area contributed by atoms with Gasteiger partial charge >= 0.3 is 0 Å². The SMILES string of the molecule is COc1ccc(-c2csc3ncnc(N4CCCNCC4)c23)cc1OC. The molecule has 0 atom stereocenters. The molecule has 3 heterocycles. The van der Waals surface area contributed by atoms with Crippen LogP contribution in [0.4, 0.5) is 5.82 Å². The number of fused-ring (bicyclic) bond motifs is 1. The minimum absolute atomic E-state index is 0.724. The molecule has 1 aliphatic heterocycles. The summed E-state index contributed by atoms with van der Waals surface area (Å²) in [6.07, 6.45) is 2.78. The summed E-state index contributed by atoms with van der Waals surface area (Å²) < 4.78 is 10.8. The Balaban J connectivity index is 1.83. The fourth-order valence-corrected chi connectivity index (χ4v) is 4.28. The van der Waals surface area contributed by atoms with E-state index in [2.05, 4.69) is 31.6 Å². The molecule has 26 heavy (non-hydrogen) atoms. The highest BCUT2D eigenvalue weighted by Crippen LogP contribution is 2.40. The van der Waals surface area contributed by atoms with E-state index in [0.717, 1.165) is 71.3 Å². The van der Waals surface area contributed by atoms with E-state index in [0.29, 0.717) is 0 Å². The minimum atomic E-state index is 0.724. The van der Waals surface area contributed by atoms with Crippen molar-refractivity contribution in [1.82, 2.24) is 15.3 Å². The monoisotopic (exact) mass is 370 g/mol. The van der Waals surface area contributed by atoms with Crippen molar-refractivity contribution < 1.29 is 9.47 Å². The number of thiophene rings is 1. The van der Waals surface area contributed by atoms with Crippen molar-refractivity contribution in [3.8, 4) is 22.6 Å². The molecule has 0 bridgehead atoms. The van der Waals surface area contributed by atoms with Crippen LogP contribution in [0.3, 0.4) is 0 Å². The number of anilines is 1. The molecule has 6 nitrogen and oxygen atoms in total. The van der Waals surface area contributed by atoms with E-state index in [-0.39, 0.29) is 0 Å². The largest absolute Gasteiger partial charge is 0.493 e. The average molecular weight is 370 g/mol. The van der Waals surface area contributed by atoms with Gasteiger partial charge in [-0.15, -0.1) is 11.3 Å². The Bertz CT molecular complexity index is 904. The van der Waals surface area contributed by atoms with E-state index < -0.39 is 0 Å². The van der Waals surface area contributed by atoms with Gasteiger partial charge in [-0.3, -0.25) is 0 Å². The topological polar surface area (TPSA) is 59.5 Å². The molecule has 1 aliphatic rings. The molecule has 4 rings (SSSR count). The zero-order valence-electron chi connectivity index (χ0n) is 15.0. The lowest BCUT2D eigenvalue weighted by Crippen LogP contribution is -2.28. The Kier molecular flexibility index (Phi) is 4.90. The lowest BCUT2D eigenvalue weighted by Gasteiger charge is -2.22. The van der Waals surface area contributed by atoms with Crippen molar-refractivity contribution >= 4 is 27.4 Å². The molecule has 0 spiro atoms. The first-order chi connectivity index (χ1) is 12.8. The first-order valence-electron chi connectivity index (χ1n) is 8.72. The number of hydrogen-bond donors (Lipinski definition) is 1. The maximum atomic E-state index is 5.48. The number of aromatic nitrogens is 2. The van der Waals surface area contributed by atoms with Crippen LogP contribution in [0.25, 0.3) is 21.3 Å². The second kappa shape index (κ2) is 7.47. The third-order valence-electron chi connectivity index (χ3n) is 4.68. The number of nitrogens with zero attached hydrogens (tertiary/aromatic N) is 3. The van der Waals surface area contributed by atoms with Gasteiger partial charge in [0.15, 0.2) is 11.5 Å². The van der Waals surface area contributed by atoms with Crippen LogP contribution in [0.2, 0.25) is 0 Å². The van der Waals surface area contributed by atoms with Gasteiger partial charge in [0.1, 0.15) is 17.0 Å². The number of benzene rings is 1. The molecule has 2 aromatic heterocycles. The third kappa shape index (κ3) is 3.08. The van der Waals surface area contributed by atoms with Gasteiger partial charge < -0.3 is 19.7 Å². The summed E-state index contributed by atoms with van der Waals surface area (Å²) in [6.45, 7) is 3.98. The zero-order valence-corrected chi connectivity index (χ0v) is 15.8. The zero-order chi connectivity index (χ0) is 17.9. The number of hydrogen-bond acceptors (Lipinski definition) is 7. The Labute approximate surface area is 156 Å². The van der Waals surface area contributed by atoms with Gasteiger partial charge in [-0.1, -0.05) is 6.07 Å². The van der Waals surface area contributed by atoms with E-state index in [4.69, 9.17) is 9.47 Å². The summed E-state index contributed by atoms with van der Waals surface area (Å²) in [7, 11) is 3.31. The van der Waals surface area contributed by atoms with Crippen LogP contribution >= 0.6 is 11.3 Å². The molecule has 1 N–H and O–H groups in total. The molecule has 1 fully saturated rings. The van der Waals surface area contributed by atoms with Crippen molar-refractivity contribution in [2.45, 2.75) is 6.42 Å². The van der Waals surface area contributed by atoms with Crippen molar-refractivity contribution in [2.24, 2.45) is 0 Å². The minimum Gasteiger partial charge on any atom is -0.493 e. The predicted molar refractivity (Wildman–Crippen MR) is 106 cm³/mol. The molecule has 0 amide bonds. The van der Waals surface area contributed by atoms with Crippen LogP contribution in [0.5, 0.6) is 11.5 Å². The molecular formula is C19H22N4O2S. The molecule has 1 aromatic carbocycles. The first kappa shape index (κ1) is 17.1. The second-order valence-corrected chi connectivity index (χ2v) is 7.05. The van der Waals surface area contributed by atoms with Gasteiger partial charge in [0.25, 0.3) is 0 Å². The van der Waals surface area contributed by atoms with Gasteiger partial charge in [0.05, 0.1) is 19.6 Å².